The van der Waals surface area contributed by atoms with Crippen molar-refractivity contribution in [3.8, 4) is 16.9 Å². The molecule has 4 aromatic rings. The molecule has 0 heterocycles. The minimum atomic E-state index is -3.61. The zero-order valence-corrected chi connectivity index (χ0v) is 19.4. The molecule has 4 aromatic carbocycles. The molecule has 0 spiro atoms. The second-order valence-electron chi connectivity index (χ2n) is 7.92. The van der Waals surface area contributed by atoms with Crippen LogP contribution in [0.2, 0.25) is 0 Å². The molecular weight excluding hydrogens is 449 g/mol. The lowest BCUT2D eigenvalue weighted by Gasteiger charge is -2.24. The maximum Gasteiger partial charge on any atom is 0.232 e. The van der Waals surface area contributed by atoms with E-state index in [1.54, 1.807) is 12.1 Å². The summed E-state index contributed by atoms with van der Waals surface area (Å²) in [6.07, 6.45) is 5.10. The Labute approximate surface area is 199 Å². The number of benzene rings is 4. The molecule has 172 valence electrons. The van der Waals surface area contributed by atoms with E-state index in [0.717, 1.165) is 34.1 Å². The van der Waals surface area contributed by atoms with Crippen LogP contribution in [0.25, 0.3) is 23.3 Å². The SMILES string of the molecule is CS(=O)(=O)N(Cc1ccccc1-c1ccccc1/C=C/c1ccc(O)cc1)c1ccc(F)cc1. The number of phenols is 1. The Balaban J connectivity index is 1.73. The van der Waals surface area contributed by atoms with Gasteiger partial charge in [-0.1, -0.05) is 72.8 Å². The molecule has 0 aliphatic carbocycles. The first kappa shape index (κ1) is 23.3. The molecule has 0 bridgehead atoms. The van der Waals surface area contributed by atoms with Crippen molar-refractivity contribution in [3.05, 3.63) is 120 Å². The molecular formula is C28H24FNO3S. The molecule has 0 aliphatic heterocycles. The van der Waals surface area contributed by atoms with Crippen LogP contribution in [0.3, 0.4) is 0 Å². The third kappa shape index (κ3) is 5.53. The largest absolute Gasteiger partial charge is 0.508 e. The zero-order valence-electron chi connectivity index (χ0n) is 18.6. The van der Waals surface area contributed by atoms with Crippen LogP contribution in [0.15, 0.2) is 97.1 Å². The molecule has 0 saturated heterocycles. The normalized spacial score (nSPS) is 11.6. The van der Waals surface area contributed by atoms with Crippen molar-refractivity contribution in [2.24, 2.45) is 0 Å². The van der Waals surface area contributed by atoms with Gasteiger partial charge in [-0.15, -0.1) is 0 Å². The lowest BCUT2D eigenvalue weighted by molar-refractivity contribution is 0.475. The van der Waals surface area contributed by atoms with Crippen LogP contribution in [0, 0.1) is 5.82 Å². The summed E-state index contributed by atoms with van der Waals surface area (Å²) in [7, 11) is -3.61. The molecule has 0 saturated carbocycles. The number of anilines is 1. The summed E-state index contributed by atoms with van der Waals surface area (Å²) in [6.45, 7) is 0.108. The fraction of sp³-hybridized carbons (Fsp3) is 0.0714. The van der Waals surface area contributed by atoms with Gasteiger partial charge in [-0.3, -0.25) is 4.31 Å². The fourth-order valence-electron chi connectivity index (χ4n) is 3.74. The van der Waals surface area contributed by atoms with E-state index < -0.39 is 15.8 Å². The Morgan fingerprint density at radius 1 is 0.794 bits per heavy atom. The number of aromatic hydroxyl groups is 1. The van der Waals surface area contributed by atoms with Crippen LogP contribution < -0.4 is 4.31 Å². The second kappa shape index (κ2) is 9.93. The molecule has 4 nitrogen and oxygen atoms in total. The first-order chi connectivity index (χ1) is 16.3. The minimum absolute atomic E-state index is 0.108. The Bertz CT molecular complexity index is 1410. The lowest BCUT2D eigenvalue weighted by Crippen LogP contribution is -2.29. The molecule has 0 radical (unpaired) electrons. The van der Waals surface area contributed by atoms with Crippen LogP contribution in [0.4, 0.5) is 10.1 Å². The summed E-state index contributed by atoms with van der Waals surface area (Å²) < 4.78 is 40.0. The molecule has 4 rings (SSSR count). The number of rotatable bonds is 7. The van der Waals surface area contributed by atoms with Crippen molar-refractivity contribution in [3.63, 3.8) is 0 Å². The highest BCUT2D eigenvalue weighted by molar-refractivity contribution is 7.92. The summed E-state index contributed by atoms with van der Waals surface area (Å²) in [5.41, 5.74) is 5.00. The summed E-state index contributed by atoms with van der Waals surface area (Å²) in [5.74, 6) is -0.213. The highest BCUT2D eigenvalue weighted by Crippen LogP contribution is 2.31. The number of nitrogens with zero attached hydrogens (tertiary/aromatic N) is 1. The summed E-state index contributed by atoms with van der Waals surface area (Å²) in [4.78, 5) is 0. The van der Waals surface area contributed by atoms with Gasteiger partial charge in [0.25, 0.3) is 0 Å². The topological polar surface area (TPSA) is 57.6 Å². The van der Waals surface area contributed by atoms with Crippen LogP contribution in [0.1, 0.15) is 16.7 Å². The maximum absolute atomic E-state index is 13.4. The molecule has 1 N–H and O–H groups in total. The number of hydrogen-bond donors (Lipinski definition) is 1. The van der Waals surface area contributed by atoms with E-state index in [-0.39, 0.29) is 12.3 Å². The summed E-state index contributed by atoms with van der Waals surface area (Å²) in [5, 5.41) is 9.50. The van der Waals surface area contributed by atoms with E-state index in [1.165, 1.54) is 28.6 Å². The van der Waals surface area contributed by atoms with E-state index >= 15 is 0 Å². The van der Waals surface area contributed by atoms with Crippen molar-refractivity contribution in [1.29, 1.82) is 0 Å². The van der Waals surface area contributed by atoms with Crippen molar-refractivity contribution in [1.82, 2.24) is 0 Å². The highest BCUT2D eigenvalue weighted by atomic mass is 32.2. The first-order valence-electron chi connectivity index (χ1n) is 10.7. The van der Waals surface area contributed by atoms with Gasteiger partial charge in [-0.05, 0) is 64.2 Å². The highest BCUT2D eigenvalue weighted by Gasteiger charge is 2.20. The quantitative estimate of drug-likeness (QED) is 0.319. The van der Waals surface area contributed by atoms with Crippen molar-refractivity contribution >= 4 is 27.9 Å². The minimum Gasteiger partial charge on any atom is -0.508 e. The van der Waals surface area contributed by atoms with E-state index in [4.69, 9.17) is 0 Å². The van der Waals surface area contributed by atoms with Gasteiger partial charge in [0.1, 0.15) is 11.6 Å². The van der Waals surface area contributed by atoms with Gasteiger partial charge in [-0.25, -0.2) is 12.8 Å². The van der Waals surface area contributed by atoms with Crippen molar-refractivity contribution in [2.45, 2.75) is 6.54 Å². The monoisotopic (exact) mass is 473 g/mol. The van der Waals surface area contributed by atoms with Gasteiger partial charge >= 0.3 is 0 Å². The van der Waals surface area contributed by atoms with Crippen LogP contribution in [0.5, 0.6) is 5.75 Å². The lowest BCUT2D eigenvalue weighted by atomic mass is 9.94. The smallest absolute Gasteiger partial charge is 0.232 e. The van der Waals surface area contributed by atoms with Crippen LogP contribution >= 0.6 is 0 Å². The van der Waals surface area contributed by atoms with Crippen LogP contribution in [-0.4, -0.2) is 19.8 Å². The van der Waals surface area contributed by atoms with Gasteiger partial charge in [0, 0.05) is 0 Å². The standard InChI is InChI=1S/C28H24FNO3S/c1-34(32,33)30(25-16-14-24(29)15-17-25)20-23-7-3-5-9-28(23)27-8-4-2-6-22(27)13-10-21-11-18-26(31)19-12-21/h2-19,31H,20H2,1H3/b13-10+. The third-order valence-corrected chi connectivity index (χ3v) is 6.59. The maximum atomic E-state index is 13.4. The average molecular weight is 474 g/mol. The molecule has 0 atom stereocenters. The Hall–Kier alpha value is -3.90. The van der Waals surface area contributed by atoms with Crippen LogP contribution in [-0.2, 0) is 16.6 Å². The predicted molar refractivity (Wildman–Crippen MR) is 136 cm³/mol. The van der Waals surface area contributed by atoms with E-state index in [9.17, 15) is 17.9 Å². The molecule has 0 aromatic heterocycles. The van der Waals surface area contributed by atoms with Crippen molar-refractivity contribution < 1.29 is 17.9 Å². The fourth-order valence-corrected chi connectivity index (χ4v) is 4.62. The number of halogens is 1. The predicted octanol–water partition coefficient (Wildman–Crippen LogP) is 6.33. The van der Waals surface area contributed by atoms with E-state index in [0.29, 0.717) is 5.69 Å². The molecule has 0 unspecified atom stereocenters. The second-order valence-corrected chi connectivity index (χ2v) is 9.82. The van der Waals surface area contributed by atoms with Gasteiger partial charge in [0.2, 0.25) is 10.0 Å². The van der Waals surface area contributed by atoms with E-state index in [1.807, 2.05) is 72.8 Å². The van der Waals surface area contributed by atoms with Crippen molar-refractivity contribution in [2.75, 3.05) is 10.6 Å². The Morgan fingerprint density at radius 3 is 2.09 bits per heavy atom. The van der Waals surface area contributed by atoms with Gasteiger partial charge in [-0.2, -0.15) is 0 Å². The average Bonchev–Trinajstić information content (AvgIpc) is 2.83. The zero-order chi connectivity index (χ0) is 24.1. The Kier molecular flexibility index (Phi) is 6.80. The summed E-state index contributed by atoms with van der Waals surface area (Å²) >= 11 is 0. The number of hydrogen-bond acceptors (Lipinski definition) is 3. The third-order valence-electron chi connectivity index (χ3n) is 5.45. The molecule has 6 heteroatoms. The number of phenolic OH excluding ortho intramolecular Hbond substituents is 1. The molecule has 0 amide bonds. The van der Waals surface area contributed by atoms with E-state index in [2.05, 4.69) is 0 Å². The summed E-state index contributed by atoms with van der Waals surface area (Å²) in [6, 6.07) is 27.9. The number of sulfonamides is 1. The molecule has 0 fully saturated rings. The van der Waals surface area contributed by atoms with Gasteiger partial charge in [0.05, 0.1) is 18.5 Å². The van der Waals surface area contributed by atoms with Gasteiger partial charge < -0.3 is 5.11 Å². The van der Waals surface area contributed by atoms with Gasteiger partial charge in [0.15, 0.2) is 0 Å². The molecule has 34 heavy (non-hydrogen) atoms. The molecule has 0 aliphatic rings. The Morgan fingerprint density at radius 2 is 1.41 bits per heavy atom. The first-order valence-corrected chi connectivity index (χ1v) is 12.5.